The molecule has 0 heterocycles. The van der Waals surface area contributed by atoms with Crippen molar-refractivity contribution >= 4 is 39.5 Å². The lowest BCUT2D eigenvalue weighted by molar-refractivity contribution is -0.161. The lowest BCUT2D eigenvalue weighted by Gasteiger charge is -2.21. The molecule has 94 heavy (non-hydrogen) atoms. The number of phosphoric acid groups is 2. The fourth-order valence-electron chi connectivity index (χ4n) is 11.3. The van der Waals surface area contributed by atoms with Gasteiger partial charge in [0.25, 0.3) is 0 Å². The van der Waals surface area contributed by atoms with Crippen molar-refractivity contribution in [3.8, 4) is 0 Å². The first-order valence-corrected chi connectivity index (χ1v) is 41.7. The molecular formula is C75H146O17P2. The van der Waals surface area contributed by atoms with E-state index in [0.29, 0.717) is 31.6 Å². The van der Waals surface area contributed by atoms with Crippen molar-refractivity contribution in [1.29, 1.82) is 0 Å². The summed E-state index contributed by atoms with van der Waals surface area (Å²) >= 11 is 0. The van der Waals surface area contributed by atoms with Gasteiger partial charge in [-0.15, -0.1) is 0 Å². The highest BCUT2D eigenvalue weighted by Crippen LogP contribution is 2.45. The maximum absolute atomic E-state index is 13.1. The number of rotatable bonds is 72. The zero-order valence-corrected chi connectivity index (χ0v) is 63.4. The van der Waals surface area contributed by atoms with Gasteiger partial charge >= 0.3 is 39.5 Å². The Labute approximate surface area is 575 Å². The van der Waals surface area contributed by atoms with Gasteiger partial charge in [0, 0.05) is 25.7 Å². The predicted molar refractivity (Wildman–Crippen MR) is 381 cm³/mol. The molecular weight excluding hydrogens is 1230 g/mol. The Morgan fingerprint density at radius 2 is 0.511 bits per heavy atom. The van der Waals surface area contributed by atoms with E-state index in [4.69, 9.17) is 37.0 Å². The average molecular weight is 1380 g/mol. The van der Waals surface area contributed by atoms with Crippen LogP contribution in [0.5, 0.6) is 0 Å². The normalized spacial score (nSPS) is 14.4. The van der Waals surface area contributed by atoms with Crippen LogP contribution in [0.3, 0.4) is 0 Å². The molecule has 3 unspecified atom stereocenters. The number of hydrogen-bond donors (Lipinski definition) is 3. The number of carbonyl (C=O) groups excluding carboxylic acids is 4. The molecule has 0 aromatic heterocycles. The minimum atomic E-state index is -4.96. The van der Waals surface area contributed by atoms with Crippen LogP contribution >= 0.6 is 15.6 Å². The highest BCUT2D eigenvalue weighted by atomic mass is 31.2. The van der Waals surface area contributed by atoms with Crippen LogP contribution in [0, 0.1) is 23.7 Å². The summed E-state index contributed by atoms with van der Waals surface area (Å²) in [4.78, 5) is 72.7. The van der Waals surface area contributed by atoms with E-state index in [0.717, 1.165) is 114 Å². The van der Waals surface area contributed by atoms with Crippen molar-refractivity contribution in [2.24, 2.45) is 23.7 Å². The monoisotopic (exact) mass is 1380 g/mol. The molecule has 19 heteroatoms. The van der Waals surface area contributed by atoms with Crippen LogP contribution in [0.25, 0.3) is 0 Å². The van der Waals surface area contributed by atoms with Crippen molar-refractivity contribution in [3.05, 3.63) is 0 Å². The van der Waals surface area contributed by atoms with Crippen LogP contribution < -0.4 is 0 Å². The Kier molecular flexibility index (Phi) is 63.1. The van der Waals surface area contributed by atoms with Crippen molar-refractivity contribution in [2.45, 2.75) is 395 Å². The lowest BCUT2D eigenvalue weighted by atomic mass is 9.99. The third-order valence-electron chi connectivity index (χ3n) is 17.7. The molecule has 0 aliphatic rings. The number of unbranched alkanes of at least 4 members (excludes halogenated alkanes) is 37. The van der Waals surface area contributed by atoms with Crippen LogP contribution in [0.2, 0.25) is 0 Å². The Balaban J connectivity index is 5.23. The predicted octanol–water partition coefficient (Wildman–Crippen LogP) is 21.7. The van der Waals surface area contributed by atoms with Gasteiger partial charge in [0.1, 0.15) is 19.3 Å². The van der Waals surface area contributed by atoms with Crippen molar-refractivity contribution in [2.75, 3.05) is 39.6 Å². The van der Waals surface area contributed by atoms with E-state index in [9.17, 15) is 43.2 Å². The summed E-state index contributed by atoms with van der Waals surface area (Å²) in [6, 6.07) is 0. The van der Waals surface area contributed by atoms with E-state index in [1.807, 2.05) is 0 Å². The summed E-state index contributed by atoms with van der Waals surface area (Å²) in [5, 5.41) is 10.6. The summed E-state index contributed by atoms with van der Waals surface area (Å²) in [6.45, 7) is 14.1. The summed E-state index contributed by atoms with van der Waals surface area (Å²) in [7, 11) is -9.91. The van der Waals surface area contributed by atoms with Gasteiger partial charge in [-0.05, 0) is 49.4 Å². The first-order valence-electron chi connectivity index (χ1n) is 38.7. The average Bonchev–Trinajstić information content (AvgIpc) is 1.11. The third-order valence-corrected chi connectivity index (χ3v) is 19.6. The molecule has 0 fully saturated rings. The van der Waals surface area contributed by atoms with Crippen LogP contribution in [-0.4, -0.2) is 96.7 Å². The Morgan fingerprint density at radius 3 is 0.755 bits per heavy atom. The van der Waals surface area contributed by atoms with Crippen LogP contribution in [0.15, 0.2) is 0 Å². The first kappa shape index (κ1) is 92.1. The Morgan fingerprint density at radius 1 is 0.298 bits per heavy atom. The van der Waals surface area contributed by atoms with Gasteiger partial charge in [-0.3, -0.25) is 37.3 Å². The number of phosphoric ester groups is 2. The Bertz CT molecular complexity index is 1850. The van der Waals surface area contributed by atoms with Gasteiger partial charge in [-0.2, -0.15) is 0 Å². The SMILES string of the molecule is CCC(C)CCCCCCCCCCCCCCCCC(=O)OC[C@H](COP(=O)(O)OC[C@@H](O)COP(=O)(O)OC[C@@H](COC(=O)CCCCCCCCC(C)C)OC(=O)CCCCCCCCCCC(C)C)OC(=O)CCCCCCCCCCCCCCCC(C)C. The van der Waals surface area contributed by atoms with Crippen molar-refractivity contribution in [3.63, 3.8) is 0 Å². The molecule has 0 saturated heterocycles. The van der Waals surface area contributed by atoms with E-state index in [1.54, 1.807) is 0 Å². The molecule has 0 radical (unpaired) electrons. The topological polar surface area (TPSA) is 237 Å². The summed E-state index contributed by atoms with van der Waals surface area (Å²) < 4.78 is 68.4. The number of aliphatic hydroxyl groups is 1. The molecule has 0 saturated carbocycles. The standard InChI is InChI=1S/C75H146O17P2/c1-9-68(8)54-46-38-29-22-18-14-10-11-15-19-23-30-39-47-55-72(77)85-61-70(91-74(79)57-49-41-31-24-20-16-12-13-17-21-27-35-43-51-65(2)3)63-89-93(81,82)87-59-69(76)60-88-94(83,84)90-64-71(62-86-73(78)56-48-40-34-33-37-45-53-67(6)7)92-75(80)58-50-42-32-26-25-28-36-44-52-66(4)5/h65-71,76H,9-64H2,1-8H3,(H,81,82)(H,83,84)/t68?,69-,70-,71-/m1/s1. The summed E-state index contributed by atoms with van der Waals surface area (Å²) in [6.07, 6.45) is 48.7. The van der Waals surface area contributed by atoms with Gasteiger partial charge in [-0.1, -0.05) is 325 Å². The van der Waals surface area contributed by atoms with Gasteiger partial charge in [0.05, 0.1) is 26.4 Å². The molecule has 0 aliphatic heterocycles. The number of hydrogen-bond acceptors (Lipinski definition) is 15. The van der Waals surface area contributed by atoms with E-state index in [1.165, 1.54) is 173 Å². The van der Waals surface area contributed by atoms with E-state index >= 15 is 0 Å². The van der Waals surface area contributed by atoms with Gasteiger partial charge in [0.15, 0.2) is 12.2 Å². The maximum atomic E-state index is 13.1. The Hall–Kier alpha value is -1.94. The molecule has 0 aliphatic carbocycles. The number of ether oxygens (including phenoxy) is 4. The van der Waals surface area contributed by atoms with Crippen molar-refractivity contribution in [1.82, 2.24) is 0 Å². The third kappa shape index (κ3) is 67.3. The molecule has 0 aromatic carbocycles. The quantitative estimate of drug-likeness (QED) is 0.0222. The fraction of sp³-hybridized carbons (Fsp3) is 0.947. The zero-order chi connectivity index (χ0) is 69.6. The smallest absolute Gasteiger partial charge is 0.462 e. The second-order valence-corrected chi connectivity index (χ2v) is 31.6. The van der Waals surface area contributed by atoms with Crippen LogP contribution in [0.1, 0.15) is 376 Å². The van der Waals surface area contributed by atoms with Crippen LogP contribution in [-0.2, 0) is 65.4 Å². The zero-order valence-electron chi connectivity index (χ0n) is 61.6. The molecule has 3 N–H and O–H groups in total. The minimum Gasteiger partial charge on any atom is -0.462 e. The molecule has 0 spiro atoms. The molecule has 17 nitrogen and oxygen atoms in total. The highest BCUT2D eigenvalue weighted by molar-refractivity contribution is 7.47. The largest absolute Gasteiger partial charge is 0.472 e. The number of aliphatic hydroxyl groups excluding tert-OH is 1. The second-order valence-electron chi connectivity index (χ2n) is 28.7. The molecule has 558 valence electrons. The first-order chi connectivity index (χ1) is 45.1. The second kappa shape index (κ2) is 64.4. The van der Waals surface area contributed by atoms with Gasteiger partial charge in [-0.25, -0.2) is 9.13 Å². The maximum Gasteiger partial charge on any atom is 0.472 e. The van der Waals surface area contributed by atoms with E-state index in [-0.39, 0.29) is 25.7 Å². The van der Waals surface area contributed by atoms with Gasteiger partial charge < -0.3 is 33.8 Å². The summed E-state index contributed by atoms with van der Waals surface area (Å²) in [5.41, 5.74) is 0. The molecule has 0 aromatic rings. The molecule has 0 amide bonds. The number of esters is 4. The van der Waals surface area contributed by atoms with Crippen LogP contribution in [0.4, 0.5) is 0 Å². The number of carbonyl (C=O) groups is 4. The van der Waals surface area contributed by atoms with Crippen molar-refractivity contribution < 1.29 is 80.2 Å². The fourth-order valence-corrected chi connectivity index (χ4v) is 12.9. The molecule has 0 bridgehead atoms. The molecule has 0 rings (SSSR count). The summed E-state index contributed by atoms with van der Waals surface area (Å²) in [5.74, 6) is 0.909. The van der Waals surface area contributed by atoms with E-state index in [2.05, 4.69) is 55.4 Å². The highest BCUT2D eigenvalue weighted by Gasteiger charge is 2.30. The minimum absolute atomic E-state index is 0.103. The molecule has 6 atom stereocenters. The van der Waals surface area contributed by atoms with Gasteiger partial charge in [0.2, 0.25) is 0 Å². The van der Waals surface area contributed by atoms with E-state index < -0.39 is 97.5 Å². The lowest BCUT2D eigenvalue weighted by Crippen LogP contribution is -2.30.